The fourth-order valence-electron chi connectivity index (χ4n) is 3.72. The molecule has 0 aliphatic carbocycles. The van der Waals surface area contributed by atoms with Crippen molar-refractivity contribution in [2.24, 2.45) is 5.11 Å². The summed E-state index contributed by atoms with van der Waals surface area (Å²) < 4.78 is 29.9. The van der Waals surface area contributed by atoms with Gasteiger partial charge < -0.3 is 14.2 Å². The maximum Gasteiger partial charge on any atom is 0.307 e. The first-order valence-electron chi connectivity index (χ1n) is 10.8. The molecule has 0 atom stereocenters. The highest BCUT2D eigenvalue weighted by molar-refractivity contribution is 6.01. The number of carbonyl (C=O) groups is 2. The molecule has 0 saturated heterocycles. The molecule has 10 nitrogen and oxygen atoms in total. The van der Waals surface area contributed by atoms with Gasteiger partial charge in [-0.2, -0.15) is 10.5 Å². The smallest absolute Gasteiger partial charge is 0.307 e. The minimum Gasteiger partial charge on any atom is -0.493 e. The zero-order valence-electron chi connectivity index (χ0n) is 19.9. The predicted octanol–water partition coefficient (Wildman–Crippen LogP) is 4.81. The average Bonchev–Trinajstić information content (AvgIpc) is 2.87. The lowest BCUT2D eigenvalue weighted by molar-refractivity contribution is 0.0845. The standard InChI is InChI=1S/C25H22FN5O5/c1-24(2)7-6-17-11-16(4-5-20(17)35-24)19(32)9-15-8-18(23(33)30-31-29)22(21(10-15)34-3)36-25(12-26,13-27)14-28/h4-5,8,10-11H,6-7,9,12H2,1-3H3. The largest absolute Gasteiger partial charge is 0.493 e. The number of rotatable bonds is 8. The van der Waals surface area contributed by atoms with Gasteiger partial charge in [0.2, 0.25) is 0 Å². The highest BCUT2D eigenvalue weighted by Gasteiger charge is 2.36. The summed E-state index contributed by atoms with van der Waals surface area (Å²) in [4.78, 5) is 28.0. The molecule has 1 aliphatic rings. The van der Waals surface area contributed by atoms with Crippen molar-refractivity contribution in [2.45, 2.75) is 44.3 Å². The number of amides is 1. The van der Waals surface area contributed by atoms with Gasteiger partial charge in [0.1, 0.15) is 23.5 Å². The van der Waals surface area contributed by atoms with Crippen LogP contribution in [-0.4, -0.2) is 36.7 Å². The lowest BCUT2D eigenvalue weighted by Gasteiger charge is -2.32. The molecule has 184 valence electrons. The molecule has 0 N–H and O–H groups in total. The summed E-state index contributed by atoms with van der Waals surface area (Å²) >= 11 is 0. The molecule has 0 fully saturated rings. The second-order valence-electron chi connectivity index (χ2n) is 8.74. The fourth-order valence-corrected chi connectivity index (χ4v) is 3.72. The number of hydrogen-bond acceptors (Lipinski definition) is 7. The number of hydrogen-bond donors (Lipinski definition) is 0. The number of benzene rings is 2. The number of carbonyl (C=O) groups excluding carboxylic acids is 2. The number of aryl methyl sites for hydroxylation is 1. The third-order valence-corrected chi connectivity index (χ3v) is 5.66. The molecular weight excluding hydrogens is 469 g/mol. The Kier molecular flexibility index (Phi) is 7.47. The first-order valence-corrected chi connectivity index (χ1v) is 10.8. The molecule has 36 heavy (non-hydrogen) atoms. The highest BCUT2D eigenvalue weighted by atomic mass is 19.1. The Balaban J connectivity index is 2.00. The second-order valence-corrected chi connectivity index (χ2v) is 8.74. The van der Waals surface area contributed by atoms with Crippen molar-refractivity contribution in [3.8, 4) is 29.4 Å². The molecule has 11 heteroatoms. The summed E-state index contributed by atoms with van der Waals surface area (Å²) in [5, 5.41) is 21.5. The van der Waals surface area contributed by atoms with E-state index in [1.807, 2.05) is 13.8 Å². The zero-order valence-corrected chi connectivity index (χ0v) is 19.9. The van der Waals surface area contributed by atoms with Gasteiger partial charge >= 0.3 is 5.60 Å². The van der Waals surface area contributed by atoms with E-state index in [9.17, 15) is 24.5 Å². The van der Waals surface area contributed by atoms with Crippen molar-refractivity contribution in [2.75, 3.05) is 13.8 Å². The number of ketones is 1. The van der Waals surface area contributed by atoms with E-state index in [2.05, 4.69) is 10.0 Å². The van der Waals surface area contributed by atoms with Crippen molar-refractivity contribution in [3.05, 3.63) is 63.0 Å². The Labute approximate surface area is 206 Å². The molecular formula is C25H22FN5O5. The first kappa shape index (κ1) is 26.0. The molecule has 3 rings (SSSR count). The maximum absolute atomic E-state index is 13.5. The van der Waals surface area contributed by atoms with Crippen molar-refractivity contribution >= 4 is 11.7 Å². The highest BCUT2D eigenvalue weighted by Crippen LogP contribution is 2.37. The van der Waals surface area contributed by atoms with Crippen molar-refractivity contribution in [3.63, 3.8) is 0 Å². The van der Waals surface area contributed by atoms with E-state index in [0.717, 1.165) is 24.2 Å². The Morgan fingerprint density at radius 3 is 2.61 bits per heavy atom. The lowest BCUT2D eigenvalue weighted by Crippen LogP contribution is -2.35. The van der Waals surface area contributed by atoms with E-state index < -0.39 is 23.9 Å². The van der Waals surface area contributed by atoms with Crippen molar-refractivity contribution in [1.82, 2.24) is 0 Å². The van der Waals surface area contributed by atoms with Gasteiger partial charge in [0.25, 0.3) is 5.91 Å². The molecule has 0 aromatic heterocycles. The van der Waals surface area contributed by atoms with E-state index in [0.29, 0.717) is 11.1 Å². The Bertz CT molecular complexity index is 1340. The lowest BCUT2D eigenvalue weighted by atomic mass is 9.92. The van der Waals surface area contributed by atoms with Gasteiger partial charge in [-0.3, -0.25) is 9.59 Å². The summed E-state index contributed by atoms with van der Waals surface area (Å²) in [5.41, 5.74) is 7.13. The molecule has 1 amide bonds. The summed E-state index contributed by atoms with van der Waals surface area (Å²) in [5.74, 6) is -1.29. The van der Waals surface area contributed by atoms with Crippen LogP contribution in [0.2, 0.25) is 0 Å². The van der Waals surface area contributed by atoms with Crippen LogP contribution < -0.4 is 14.2 Å². The molecule has 0 bridgehead atoms. The van der Waals surface area contributed by atoms with Crippen LogP contribution in [0.15, 0.2) is 35.4 Å². The third-order valence-electron chi connectivity index (χ3n) is 5.66. The van der Waals surface area contributed by atoms with Crippen molar-refractivity contribution in [1.29, 1.82) is 10.5 Å². The molecule has 1 heterocycles. The first-order chi connectivity index (χ1) is 17.1. The SMILES string of the molecule is COc1cc(CC(=O)c2ccc3c(c2)CCC(C)(C)O3)cc(C(=O)N=[N+]=[N-])c1OC(C#N)(C#N)CF. The van der Waals surface area contributed by atoms with Gasteiger partial charge in [-0.05, 0) is 78.8 Å². The summed E-state index contributed by atoms with van der Waals surface area (Å²) in [6.45, 7) is 2.49. The second kappa shape index (κ2) is 10.3. The minimum atomic E-state index is -2.56. The summed E-state index contributed by atoms with van der Waals surface area (Å²) in [6, 6.07) is 10.6. The van der Waals surface area contributed by atoms with Gasteiger partial charge in [0.05, 0.1) is 12.7 Å². The van der Waals surface area contributed by atoms with Crippen LogP contribution in [0.5, 0.6) is 17.2 Å². The topological polar surface area (TPSA) is 158 Å². The van der Waals surface area contributed by atoms with Crippen LogP contribution >= 0.6 is 0 Å². The van der Waals surface area contributed by atoms with Crippen LogP contribution in [0.3, 0.4) is 0 Å². The van der Waals surface area contributed by atoms with E-state index >= 15 is 0 Å². The zero-order chi connectivity index (χ0) is 26.5. The maximum atomic E-state index is 13.5. The number of ether oxygens (including phenoxy) is 3. The van der Waals surface area contributed by atoms with Gasteiger partial charge in [-0.25, -0.2) is 4.39 Å². The van der Waals surface area contributed by atoms with Crippen LogP contribution in [-0.2, 0) is 12.8 Å². The molecule has 0 spiro atoms. The number of fused-ring (bicyclic) bond motifs is 1. The van der Waals surface area contributed by atoms with Gasteiger partial charge in [0, 0.05) is 16.9 Å². The Hall–Kier alpha value is -4.60. The number of methoxy groups -OCH3 is 1. The Morgan fingerprint density at radius 2 is 2.00 bits per heavy atom. The number of halogens is 1. The number of nitriles is 2. The predicted molar refractivity (Wildman–Crippen MR) is 125 cm³/mol. The molecule has 0 radical (unpaired) electrons. The molecule has 0 unspecified atom stereocenters. The fraction of sp³-hybridized carbons (Fsp3) is 0.360. The number of Topliss-reactive ketones (excluding diaryl/α,β-unsaturated/α-hetero) is 1. The Morgan fingerprint density at radius 1 is 1.28 bits per heavy atom. The summed E-state index contributed by atoms with van der Waals surface area (Å²) in [7, 11) is 1.22. The molecule has 1 aliphatic heterocycles. The van der Waals surface area contributed by atoms with Gasteiger partial charge in [-0.1, -0.05) is 0 Å². The average molecular weight is 491 g/mol. The van der Waals surface area contributed by atoms with Crippen LogP contribution in [0.4, 0.5) is 4.39 Å². The van der Waals surface area contributed by atoms with Gasteiger partial charge in [0.15, 0.2) is 24.0 Å². The normalized spacial score (nSPS) is 13.6. The van der Waals surface area contributed by atoms with E-state index in [1.54, 1.807) is 18.2 Å². The van der Waals surface area contributed by atoms with Gasteiger partial charge in [-0.15, -0.1) is 0 Å². The minimum absolute atomic E-state index is 0.152. The van der Waals surface area contributed by atoms with E-state index in [-0.39, 0.29) is 29.1 Å². The van der Waals surface area contributed by atoms with E-state index in [1.165, 1.54) is 31.4 Å². The third kappa shape index (κ3) is 5.38. The number of azide groups is 1. The van der Waals surface area contributed by atoms with E-state index in [4.69, 9.17) is 19.7 Å². The van der Waals surface area contributed by atoms with Crippen LogP contribution in [0.1, 0.15) is 52.1 Å². The van der Waals surface area contributed by atoms with Crippen molar-refractivity contribution < 1.29 is 28.2 Å². The quantitative estimate of drug-likeness (QED) is 0.222. The molecule has 2 aromatic rings. The van der Waals surface area contributed by atoms with Crippen LogP contribution in [0.25, 0.3) is 10.4 Å². The summed E-state index contributed by atoms with van der Waals surface area (Å²) in [6.07, 6.45) is 1.39. The number of alkyl halides is 1. The number of nitrogens with zero attached hydrogens (tertiary/aromatic N) is 5. The van der Waals surface area contributed by atoms with Crippen LogP contribution in [0, 0.1) is 22.7 Å². The molecule has 2 aromatic carbocycles. The monoisotopic (exact) mass is 491 g/mol. The molecule has 0 saturated carbocycles.